The highest BCUT2D eigenvalue weighted by Gasteiger charge is 2.19. The molecule has 0 amide bonds. The van der Waals surface area contributed by atoms with E-state index in [4.69, 9.17) is 9.97 Å². The molecule has 4 aromatic rings. The smallest absolute Gasteiger partial charge is 0.128 e. The van der Waals surface area contributed by atoms with E-state index in [2.05, 4.69) is 57.1 Å². The van der Waals surface area contributed by atoms with E-state index in [1.165, 1.54) is 16.7 Å². The number of pyridine rings is 4. The van der Waals surface area contributed by atoms with Gasteiger partial charge in [-0.05, 0) is 60.5 Å². The first-order valence-electron chi connectivity index (χ1n) is 11.4. The highest BCUT2D eigenvalue weighted by molar-refractivity contribution is 5.64. The molecule has 5 heterocycles. The first kappa shape index (κ1) is 21.2. The van der Waals surface area contributed by atoms with Crippen molar-refractivity contribution in [3.8, 4) is 11.3 Å². The molecule has 166 valence electrons. The van der Waals surface area contributed by atoms with Gasteiger partial charge in [0.25, 0.3) is 0 Å². The maximum Gasteiger partial charge on any atom is 0.128 e. The second kappa shape index (κ2) is 9.88. The Morgan fingerprint density at radius 2 is 1.45 bits per heavy atom. The molecule has 1 aliphatic heterocycles. The average Bonchev–Trinajstić information content (AvgIpc) is 2.89. The van der Waals surface area contributed by atoms with E-state index in [0.717, 1.165) is 49.7 Å². The molecule has 5 rings (SSSR count). The van der Waals surface area contributed by atoms with E-state index >= 15 is 0 Å². The molecule has 33 heavy (non-hydrogen) atoms. The van der Waals surface area contributed by atoms with Crippen LogP contribution >= 0.6 is 0 Å². The number of piperazine rings is 1. The molecule has 0 N–H and O–H groups in total. The van der Waals surface area contributed by atoms with E-state index in [1.807, 2.05) is 55.4 Å². The summed E-state index contributed by atoms with van der Waals surface area (Å²) in [5.41, 5.74) is 5.55. The van der Waals surface area contributed by atoms with Crippen molar-refractivity contribution in [2.75, 3.05) is 38.1 Å². The Bertz CT molecular complexity index is 1120. The van der Waals surface area contributed by atoms with E-state index in [1.54, 1.807) is 0 Å². The number of anilines is 1. The number of hydrogen-bond donors (Lipinski definition) is 0. The van der Waals surface area contributed by atoms with Crippen LogP contribution in [0.15, 0.2) is 85.7 Å². The molecule has 0 bridgehead atoms. The van der Waals surface area contributed by atoms with Crippen molar-refractivity contribution in [3.05, 3.63) is 102 Å². The lowest BCUT2D eigenvalue weighted by atomic mass is 9.86. The molecule has 0 unspecified atom stereocenters. The Kier molecular flexibility index (Phi) is 6.35. The van der Waals surface area contributed by atoms with Crippen LogP contribution in [0, 0.1) is 0 Å². The lowest BCUT2D eigenvalue weighted by molar-refractivity contribution is 0.312. The quantitative estimate of drug-likeness (QED) is 0.454. The van der Waals surface area contributed by atoms with Gasteiger partial charge in [0.05, 0.1) is 5.69 Å². The number of likely N-dealkylation sites (N-methyl/N-ethyl adjacent to an activating group) is 1. The van der Waals surface area contributed by atoms with Gasteiger partial charge in [-0.3, -0.25) is 15.0 Å². The van der Waals surface area contributed by atoms with E-state index < -0.39 is 0 Å². The molecule has 0 saturated carbocycles. The third kappa shape index (κ3) is 4.91. The standard InChI is InChI=1S/C27H28N6/c1-32-13-15-33(16-14-32)26-9-8-24(20-31-26)27-21(5-4-12-30-27)17-25(22-6-2-10-28-18-22)23-7-3-11-29-19-23/h2-12,18-20,25H,13-17H2,1H3. The Balaban J connectivity index is 1.44. The molecule has 0 aliphatic carbocycles. The maximum atomic E-state index is 4.79. The van der Waals surface area contributed by atoms with Gasteiger partial charge in [-0.2, -0.15) is 0 Å². The fraction of sp³-hybridized carbons (Fsp3) is 0.259. The summed E-state index contributed by atoms with van der Waals surface area (Å²) in [5.74, 6) is 1.18. The van der Waals surface area contributed by atoms with Crippen molar-refractivity contribution in [2.45, 2.75) is 12.3 Å². The van der Waals surface area contributed by atoms with Crippen molar-refractivity contribution in [3.63, 3.8) is 0 Å². The van der Waals surface area contributed by atoms with Crippen LogP contribution in [-0.4, -0.2) is 58.1 Å². The molecule has 1 aliphatic rings. The molecule has 0 atom stereocenters. The van der Waals surface area contributed by atoms with Crippen LogP contribution in [0.2, 0.25) is 0 Å². The van der Waals surface area contributed by atoms with Gasteiger partial charge in [0.2, 0.25) is 0 Å². The molecule has 0 radical (unpaired) electrons. The van der Waals surface area contributed by atoms with Crippen molar-refractivity contribution in [2.24, 2.45) is 0 Å². The molecule has 6 nitrogen and oxygen atoms in total. The largest absolute Gasteiger partial charge is 0.354 e. The highest BCUT2D eigenvalue weighted by atomic mass is 15.3. The fourth-order valence-corrected chi connectivity index (χ4v) is 4.42. The highest BCUT2D eigenvalue weighted by Crippen LogP contribution is 2.31. The minimum Gasteiger partial charge on any atom is -0.354 e. The van der Waals surface area contributed by atoms with Gasteiger partial charge in [-0.1, -0.05) is 18.2 Å². The zero-order valence-electron chi connectivity index (χ0n) is 18.9. The third-order valence-electron chi connectivity index (χ3n) is 6.34. The zero-order valence-corrected chi connectivity index (χ0v) is 18.9. The molecular weight excluding hydrogens is 408 g/mol. The number of rotatable bonds is 6. The summed E-state index contributed by atoms with van der Waals surface area (Å²) in [6.45, 7) is 4.15. The van der Waals surface area contributed by atoms with Crippen molar-refractivity contribution in [1.29, 1.82) is 0 Å². The number of nitrogens with zero attached hydrogens (tertiary/aromatic N) is 6. The average molecular weight is 437 g/mol. The summed E-state index contributed by atoms with van der Waals surface area (Å²) in [6.07, 6.45) is 12.1. The SMILES string of the molecule is CN1CCN(c2ccc(-c3ncccc3CC(c3cccnc3)c3cccnc3)cn2)CC1. The van der Waals surface area contributed by atoms with Crippen molar-refractivity contribution >= 4 is 5.82 Å². The summed E-state index contributed by atoms with van der Waals surface area (Å²) in [5, 5.41) is 0. The molecule has 1 saturated heterocycles. The summed E-state index contributed by atoms with van der Waals surface area (Å²) in [6, 6.07) is 16.7. The van der Waals surface area contributed by atoms with Gasteiger partial charge in [0, 0.05) is 74.8 Å². The lowest BCUT2D eigenvalue weighted by Crippen LogP contribution is -2.44. The van der Waals surface area contributed by atoms with Crippen molar-refractivity contribution < 1.29 is 0 Å². The van der Waals surface area contributed by atoms with E-state index in [0.29, 0.717) is 0 Å². The van der Waals surface area contributed by atoms with Crippen LogP contribution in [0.5, 0.6) is 0 Å². The van der Waals surface area contributed by atoms with Crippen LogP contribution in [-0.2, 0) is 6.42 Å². The topological polar surface area (TPSA) is 58.0 Å². The fourth-order valence-electron chi connectivity index (χ4n) is 4.42. The van der Waals surface area contributed by atoms with Gasteiger partial charge < -0.3 is 9.80 Å². The van der Waals surface area contributed by atoms with Gasteiger partial charge in [0.1, 0.15) is 5.82 Å². The minimum absolute atomic E-state index is 0.146. The second-order valence-corrected chi connectivity index (χ2v) is 8.54. The van der Waals surface area contributed by atoms with E-state index in [9.17, 15) is 0 Å². The summed E-state index contributed by atoms with van der Waals surface area (Å²) in [4.78, 5) is 23.0. The Morgan fingerprint density at radius 1 is 0.758 bits per heavy atom. The summed E-state index contributed by atoms with van der Waals surface area (Å²) >= 11 is 0. The van der Waals surface area contributed by atoms with Crippen molar-refractivity contribution in [1.82, 2.24) is 24.8 Å². The molecule has 0 aromatic carbocycles. The first-order chi connectivity index (χ1) is 16.3. The van der Waals surface area contributed by atoms with E-state index in [-0.39, 0.29) is 5.92 Å². The normalized spacial score (nSPS) is 14.5. The van der Waals surface area contributed by atoms with Crippen LogP contribution in [0.3, 0.4) is 0 Å². The van der Waals surface area contributed by atoms with Crippen LogP contribution in [0.25, 0.3) is 11.3 Å². The van der Waals surface area contributed by atoms with Crippen LogP contribution in [0.1, 0.15) is 22.6 Å². The van der Waals surface area contributed by atoms with Gasteiger partial charge in [-0.25, -0.2) is 4.98 Å². The zero-order chi connectivity index (χ0) is 22.5. The predicted octanol–water partition coefficient (Wildman–Crippen LogP) is 4.06. The van der Waals surface area contributed by atoms with Gasteiger partial charge >= 0.3 is 0 Å². The lowest BCUT2D eigenvalue weighted by Gasteiger charge is -2.33. The van der Waals surface area contributed by atoms with Crippen LogP contribution in [0.4, 0.5) is 5.82 Å². The number of hydrogen-bond acceptors (Lipinski definition) is 6. The Labute approximate surface area is 195 Å². The molecule has 6 heteroatoms. The number of aromatic nitrogens is 4. The second-order valence-electron chi connectivity index (χ2n) is 8.54. The maximum absolute atomic E-state index is 4.79. The molecule has 4 aromatic heterocycles. The predicted molar refractivity (Wildman–Crippen MR) is 131 cm³/mol. The van der Waals surface area contributed by atoms with Crippen LogP contribution < -0.4 is 4.90 Å². The molecular formula is C27H28N6. The Morgan fingerprint density at radius 3 is 2.06 bits per heavy atom. The van der Waals surface area contributed by atoms with Gasteiger partial charge in [-0.15, -0.1) is 0 Å². The third-order valence-corrected chi connectivity index (χ3v) is 6.34. The Hall–Kier alpha value is -3.64. The molecule has 1 fully saturated rings. The summed E-state index contributed by atoms with van der Waals surface area (Å²) < 4.78 is 0. The summed E-state index contributed by atoms with van der Waals surface area (Å²) in [7, 11) is 2.17. The molecule has 0 spiro atoms. The first-order valence-corrected chi connectivity index (χ1v) is 11.4. The van der Waals surface area contributed by atoms with Gasteiger partial charge in [0.15, 0.2) is 0 Å². The monoisotopic (exact) mass is 436 g/mol. The minimum atomic E-state index is 0.146.